The summed E-state index contributed by atoms with van der Waals surface area (Å²) in [7, 11) is 3.14. The molecule has 4 rings (SSSR count). The second-order valence-electron chi connectivity index (χ2n) is 7.08. The molecule has 0 saturated carbocycles. The van der Waals surface area contributed by atoms with Gasteiger partial charge in [-0.3, -0.25) is 4.79 Å². The summed E-state index contributed by atoms with van der Waals surface area (Å²) < 4.78 is 10.8. The summed E-state index contributed by atoms with van der Waals surface area (Å²) >= 11 is 6.11. The van der Waals surface area contributed by atoms with Gasteiger partial charge in [-0.2, -0.15) is 0 Å². The molecule has 1 aromatic heterocycles. The zero-order valence-corrected chi connectivity index (χ0v) is 16.8. The molecule has 0 bridgehead atoms. The Hall–Kier alpha value is -2.66. The maximum Gasteiger partial charge on any atom is 0.261 e. The molecule has 5 nitrogen and oxygen atoms in total. The van der Waals surface area contributed by atoms with Crippen LogP contribution in [0.3, 0.4) is 0 Å². The number of aromatic nitrogens is 1. The highest BCUT2D eigenvalue weighted by atomic mass is 35.5. The normalized spacial score (nSPS) is 17.0. The zero-order chi connectivity index (χ0) is 19.7. The van der Waals surface area contributed by atoms with Gasteiger partial charge in [0.15, 0.2) is 0 Å². The molecular weight excluding hydrogens is 376 g/mol. The number of nitrogens with one attached hydrogen (secondary N) is 1. The molecular formula is C22H23ClN2O3. The molecule has 2 heterocycles. The van der Waals surface area contributed by atoms with Crippen molar-refractivity contribution in [1.82, 2.24) is 9.88 Å². The average Bonchev–Trinajstić information content (AvgIpc) is 3.16. The topological polar surface area (TPSA) is 54.6 Å². The number of nitrogens with zero attached hydrogens (tertiary/aromatic N) is 1. The lowest BCUT2D eigenvalue weighted by Crippen LogP contribution is -2.39. The highest BCUT2D eigenvalue weighted by molar-refractivity contribution is 6.31. The largest absolute Gasteiger partial charge is 0.496 e. The fourth-order valence-electron chi connectivity index (χ4n) is 3.98. The van der Waals surface area contributed by atoms with E-state index in [2.05, 4.69) is 11.1 Å². The monoisotopic (exact) mass is 398 g/mol. The fraction of sp³-hybridized carbons (Fsp3) is 0.318. The number of H-pyrrole nitrogens is 1. The minimum absolute atomic E-state index is 0.0573. The van der Waals surface area contributed by atoms with Crippen LogP contribution in [0.2, 0.25) is 5.02 Å². The summed E-state index contributed by atoms with van der Waals surface area (Å²) in [5.41, 5.74) is 2.69. The Bertz CT molecular complexity index is 992. The number of piperidine rings is 1. The van der Waals surface area contributed by atoms with Crippen molar-refractivity contribution in [3.05, 3.63) is 58.7 Å². The smallest absolute Gasteiger partial charge is 0.261 e. The molecule has 1 aliphatic rings. The number of hydrogen-bond donors (Lipinski definition) is 1. The molecule has 6 heteroatoms. The highest BCUT2D eigenvalue weighted by Gasteiger charge is 2.29. The minimum atomic E-state index is -0.0573. The number of aromatic amines is 1. The van der Waals surface area contributed by atoms with E-state index in [-0.39, 0.29) is 11.8 Å². The SMILES string of the molecule is COc1cccc(OC)c1C(=O)N1CCCC(c2cc3cc(Cl)ccc3[nH]2)C1. The van der Waals surface area contributed by atoms with Gasteiger partial charge < -0.3 is 19.4 Å². The maximum absolute atomic E-state index is 13.3. The highest BCUT2D eigenvalue weighted by Crippen LogP contribution is 2.34. The average molecular weight is 399 g/mol. The zero-order valence-electron chi connectivity index (χ0n) is 16.0. The van der Waals surface area contributed by atoms with E-state index in [0.29, 0.717) is 23.6 Å². The van der Waals surface area contributed by atoms with Crippen molar-refractivity contribution in [2.24, 2.45) is 0 Å². The molecule has 28 heavy (non-hydrogen) atoms. The molecule has 0 spiro atoms. The predicted molar refractivity (Wildman–Crippen MR) is 111 cm³/mol. The van der Waals surface area contributed by atoms with Crippen LogP contribution < -0.4 is 9.47 Å². The second-order valence-corrected chi connectivity index (χ2v) is 7.52. The van der Waals surface area contributed by atoms with Crippen LogP contribution in [0, 0.1) is 0 Å². The Morgan fingerprint density at radius 1 is 1.14 bits per heavy atom. The Labute approximate surface area is 169 Å². The lowest BCUT2D eigenvalue weighted by atomic mass is 9.94. The number of likely N-dealkylation sites (tertiary alicyclic amines) is 1. The molecule has 1 atom stereocenters. The number of hydrogen-bond acceptors (Lipinski definition) is 3. The molecule has 1 N–H and O–H groups in total. The standard InChI is InChI=1S/C22H23ClN2O3/c1-27-19-6-3-7-20(28-2)21(19)22(26)25-10-4-5-14(13-25)18-12-15-11-16(23)8-9-17(15)24-18/h3,6-9,11-12,14,24H,4-5,10,13H2,1-2H3. The van der Waals surface area contributed by atoms with Crippen LogP contribution in [0.25, 0.3) is 10.9 Å². The first-order chi connectivity index (χ1) is 13.6. The Balaban J connectivity index is 1.61. The van der Waals surface area contributed by atoms with Crippen molar-refractivity contribution < 1.29 is 14.3 Å². The van der Waals surface area contributed by atoms with Crippen molar-refractivity contribution in [3.63, 3.8) is 0 Å². The molecule has 1 unspecified atom stereocenters. The van der Waals surface area contributed by atoms with Gasteiger partial charge in [0.1, 0.15) is 17.1 Å². The first-order valence-corrected chi connectivity index (χ1v) is 9.77. The van der Waals surface area contributed by atoms with Gasteiger partial charge in [0.05, 0.1) is 14.2 Å². The van der Waals surface area contributed by atoms with Crippen molar-refractivity contribution in [2.45, 2.75) is 18.8 Å². The summed E-state index contributed by atoms with van der Waals surface area (Å²) in [4.78, 5) is 18.7. The lowest BCUT2D eigenvalue weighted by molar-refractivity contribution is 0.0699. The van der Waals surface area contributed by atoms with E-state index >= 15 is 0 Å². The third kappa shape index (κ3) is 3.42. The molecule has 1 amide bonds. The summed E-state index contributed by atoms with van der Waals surface area (Å²) in [6.45, 7) is 1.38. The molecule has 0 aliphatic carbocycles. The van der Waals surface area contributed by atoms with Crippen molar-refractivity contribution in [1.29, 1.82) is 0 Å². The third-order valence-corrected chi connectivity index (χ3v) is 5.63. The summed E-state index contributed by atoms with van der Waals surface area (Å²) in [6.07, 6.45) is 1.98. The molecule has 2 aromatic carbocycles. The van der Waals surface area contributed by atoms with E-state index in [1.165, 1.54) is 0 Å². The molecule has 1 fully saturated rings. The van der Waals surface area contributed by atoms with Crippen molar-refractivity contribution in [2.75, 3.05) is 27.3 Å². The molecule has 1 aliphatic heterocycles. The van der Waals surface area contributed by atoms with E-state index in [9.17, 15) is 4.79 Å². The lowest BCUT2D eigenvalue weighted by Gasteiger charge is -2.33. The van der Waals surface area contributed by atoms with Gasteiger partial charge in [0.25, 0.3) is 5.91 Å². The number of fused-ring (bicyclic) bond motifs is 1. The number of ether oxygens (including phenoxy) is 2. The molecule has 0 radical (unpaired) electrons. The molecule has 1 saturated heterocycles. The van der Waals surface area contributed by atoms with Gasteiger partial charge in [-0.05, 0) is 49.2 Å². The van der Waals surface area contributed by atoms with E-state index in [1.807, 2.05) is 29.2 Å². The van der Waals surface area contributed by atoms with Gasteiger partial charge in [-0.25, -0.2) is 0 Å². The number of carbonyl (C=O) groups excluding carboxylic acids is 1. The summed E-state index contributed by atoms with van der Waals surface area (Å²) in [5.74, 6) is 1.26. The van der Waals surface area contributed by atoms with Crippen LogP contribution in [0.4, 0.5) is 0 Å². The molecule has 146 valence electrons. The van der Waals surface area contributed by atoms with Crippen molar-refractivity contribution in [3.8, 4) is 11.5 Å². The summed E-state index contributed by atoms with van der Waals surface area (Å²) in [6, 6.07) is 13.4. The first kappa shape index (κ1) is 18.7. The number of halogens is 1. The third-order valence-electron chi connectivity index (χ3n) is 5.39. The number of methoxy groups -OCH3 is 2. The fourth-order valence-corrected chi connectivity index (χ4v) is 4.16. The van der Waals surface area contributed by atoms with Crippen LogP contribution >= 0.6 is 11.6 Å². The van der Waals surface area contributed by atoms with Gasteiger partial charge in [0.2, 0.25) is 0 Å². The number of amides is 1. The Morgan fingerprint density at radius 2 is 1.89 bits per heavy atom. The summed E-state index contributed by atoms with van der Waals surface area (Å²) in [5, 5.41) is 1.82. The molecule has 3 aromatic rings. The van der Waals surface area contributed by atoms with E-state index in [1.54, 1.807) is 26.4 Å². The van der Waals surface area contributed by atoms with Crippen LogP contribution in [0.15, 0.2) is 42.5 Å². The Morgan fingerprint density at radius 3 is 2.61 bits per heavy atom. The van der Waals surface area contributed by atoms with E-state index in [4.69, 9.17) is 21.1 Å². The van der Waals surface area contributed by atoms with Gasteiger partial charge in [-0.15, -0.1) is 0 Å². The number of benzene rings is 2. The first-order valence-electron chi connectivity index (χ1n) is 9.39. The van der Waals surface area contributed by atoms with Crippen LogP contribution in [0.5, 0.6) is 11.5 Å². The van der Waals surface area contributed by atoms with Gasteiger partial charge in [-0.1, -0.05) is 17.7 Å². The van der Waals surface area contributed by atoms with Crippen LogP contribution in [-0.2, 0) is 0 Å². The predicted octanol–water partition coefficient (Wildman–Crippen LogP) is 4.86. The van der Waals surface area contributed by atoms with Gasteiger partial charge in [0, 0.05) is 40.6 Å². The number of carbonyl (C=O) groups is 1. The number of rotatable bonds is 4. The Kier molecular flexibility index (Phi) is 5.18. The quantitative estimate of drug-likeness (QED) is 0.682. The van der Waals surface area contributed by atoms with Crippen LogP contribution in [0.1, 0.15) is 34.8 Å². The minimum Gasteiger partial charge on any atom is -0.496 e. The van der Waals surface area contributed by atoms with Crippen molar-refractivity contribution >= 4 is 28.4 Å². The van der Waals surface area contributed by atoms with E-state index in [0.717, 1.165) is 41.0 Å². The second kappa shape index (κ2) is 7.76. The van der Waals surface area contributed by atoms with Gasteiger partial charge >= 0.3 is 0 Å². The maximum atomic E-state index is 13.3. The van der Waals surface area contributed by atoms with E-state index < -0.39 is 0 Å². The van der Waals surface area contributed by atoms with Crippen LogP contribution in [-0.4, -0.2) is 43.1 Å².